The summed E-state index contributed by atoms with van der Waals surface area (Å²) >= 11 is 0. The third-order valence-corrected chi connectivity index (χ3v) is 6.08. The van der Waals surface area contributed by atoms with E-state index in [1.54, 1.807) is 0 Å². The molecule has 0 saturated carbocycles. The molecule has 0 N–H and O–H groups in total. The van der Waals surface area contributed by atoms with Crippen LogP contribution in [-0.2, 0) is 0 Å². The average Bonchev–Trinajstić information content (AvgIpc) is 2.74. The maximum Gasteiger partial charge on any atom is 0.259 e. The van der Waals surface area contributed by atoms with E-state index in [1.165, 1.54) is 27.7 Å². The summed E-state index contributed by atoms with van der Waals surface area (Å²) in [6.45, 7) is 4.50. The Kier molecular flexibility index (Phi) is 3.39. The molecule has 2 aliphatic rings. The van der Waals surface area contributed by atoms with Gasteiger partial charge >= 0.3 is 0 Å². The van der Waals surface area contributed by atoms with Crippen LogP contribution in [0.5, 0.6) is 11.6 Å². The highest BCUT2D eigenvalue weighted by molar-refractivity contribution is 6.99. The highest BCUT2D eigenvalue weighted by Gasteiger charge is 2.43. The number of nitrogens with zero attached hydrogens (tertiary/aromatic N) is 2. The van der Waals surface area contributed by atoms with E-state index < -0.39 is 0 Å². The van der Waals surface area contributed by atoms with Gasteiger partial charge in [-0.3, -0.25) is 0 Å². The van der Waals surface area contributed by atoms with E-state index in [-0.39, 0.29) is 6.71 Å². The molecule has 0 saturated heterocycles. The number of fused-ring (bicyclic) bond motifs is 4. The van der Waals surface area contributed by atoms with Crippen LogP contribution >= 0.6 is 0 Å². The van der Waals surface area contributed by atoms with Crippen molar-refractivity contribution >= 4 is 40.2 Å². The topological polar surface area (TPSA) is 25.4 Å². The minimum atomic E-state index is 0.120. The van der Waals surface area contributed by atoms with Crippen LogP contribution in [0.2, 0.25) is 0 Å². The Hall–Kier alpha value is -3.53. The molecule has 3 nitrogen and oxygen atoms in total. The molecule has 138 valence electrons. The van der Waals surface area contributed by atoms with Crippen LogP contribution in [0.4, 0.5) is 17.1 Å². The summed E-state index contributed by atoms with van der Waals surface area (Å²) in [5.74, 6) is 1.62. The first kappa shape index (κ1) is 16.4. The zero-order chi connectivity index (χ0) is 19.5. The molecule has 0 unspecified atom stereocenters. The standard InChI is InChI=1S/C25H19BN2O/c1-16-8-6-12-19-22(16)26-23-17(2)9-7-13-21(23)29-25-24(26)20(14-15-27-25)28(19)18-10-4-3-5-11-18/h3-15H,1-2H3. The van der Waals surface area contributed by atoms with Gasteiger partial charge in [0.25, 0.3) is 6.71 Å². The van der Waals surface area contributed by atoms with Crippen LogP contribution in [0.25, 0.3) is 0 Å². The van der Waals surface area contributed by atoms with Gasteiger partial charge in [0.2, 0.25) is 5.88 Å². The van der Waals surface area contributed by atoms with Gasteiger partial charge in [-0.05, 0) is 55.1 Å². The van der Waals surface area contributed by atoms with Gasteiger partial charge < -0.3 is 9.64 Å². The number of ether oxygens (including phenoxy) is 1. The van der Waals surface area contributed by atoms with Crippen molar-refractivity contribution in [1.29, 1.82) is 0 Å². The van der Waals surface area contributed by atoms with Gasteiger partial charge in [0.05, 0.1) is 0 Å². The molecule has 0 atom stereocenters. The molecule has 3 aromatic carbocycles. The lowest BCUT2D eigenvalue weighted by molar-refractivity contribution is 0.467. The highest BCUT2D eigenvalue weighted by Crippen LogP contribution is 2.40. The Bertz CT molecular complexity index is 1250. The predicted molar refractivity (Wildman–Crippen MR) is 120 cm³/mol. The Morgan fingerprint density at radius 1 is 0.724 bits per heavy atom. The van der Waals surface area contributed by atoms with Gasteiger partial charge in [-0.15, -0.1) is 0 Å². The summed E-state index contributed by atoms with van der Waals surface area (Å²) in [5, 5.41) is 0. The normalized spacial score (nSPS) is 13.3. The Morgan fingerprint density at radius 3 is 2.28 bits per heavy atom. The second-order valence-corrected chi connectivity index (χ2v) is 7.75. The molecule has 4 aromatic rings. The molecular formula is C25H19BN2O. The Morgan fingerprint density at radius 2 is 1.45 bits per heavy atom. The average molecular weight is 374 g/mol. The monoisotopic (exact) mass is 374 g/mol. The van der Waals surface area contributed by atoms with E-state index in [4.69, 9.17) is 4.74 Å². The van der Waals surface area contributed by atoms with E-state index in [0.29, 0.717) is 5.88 Å². The number of benzene rings is 3. The number of anilines is 3. The molecule has 1 aromatic heterocycles. The molecule has 3 heterocycles. The van der Waals surface area contributed by atoms with Crippen LogP contribution in [-0.4, -0.2) is 11.7 Å². The van der Waals surface area contributed by atoms with E-state index in [9.17, 15) is 0 Å². The second-order valence-electron chi connectivity index (χ2n) is 7.75. The summed E-state index contributed by atoms with van der Waals surface area (Å²) in [6, 6.07) is 25.5. The molecule has 0 bridgehead atoms. The zero-order valence-electron chi connectivity index (χ0n) is 16.4. The lowest BCUT2D eigenvalue weighted by Crippen LogP contribution is -2.61. The molecule has 2 aliphatic heterocycles. The van der Waals surface area contributed by atoms with Crippen LogP contribution in [0, 0.1) is 13.8 Å². The number of pyridine rings is 1. The molecule has 6 rings (SSSR count). The molecule has 0 radical (unpaired) electrons. The van der Waals surface area contributed by atoms with Crippen molar-refractivity contribution in [1.82, 2.24) is 4.98 Å². The maximum atomic E-state index is 6.31. The Labute approximate surface area is 170 Å². The number of para-hydroxylation sites is 1. The first-order chi connectivity index (χ1) is 14.2. The predicted octanol–water partition coefficient (Wildman–Crippen LogP) is 4.10. The third-order valence-electron chi connectivity index (χ3n) is 6.08. The van der Waals surface area contributed by atoms with Gasteiger partial charge in [-0.2, -0.15) is 0 Å². The molecule has 0 amide bonds. The highest BCUT2D eigenvalue weighted by atomic mass is 16.5. The molecule has 4 heteroatoms. The number of rotatable bonds is 1. The number of aromatic nitrogens is 1. The van der Waals surface area contributed by atoms with Crippen molar-refractivity contribution in [3.8, 4) is 11.6 Å². The van der Waals surface area contributed by atoms with Crippen molar-refractivity contribution < 1.29 is 4.74 Å². The van der Waals surface area contributed by atoms with Crippen molar-refractivity contribution in [2.45, 2.75) is 13.8 Å². The first-order valence-electron chi connectivity index (χ1n) is 9.95. The molecule has 29 heavy (non-hydrogen) atoms. The smallest absolute Gasteiger partial charge is 0.259 e. The summed E-state index contributed by atoms with van der Waals surface area (Å²) in [6.07, 6.45) is 1.85. The third kappa shape index (κ3) is 2.23. The maximum absolute atomic E-state index is 6.31. The van der Waals surface area contributed by atoms with Crippen molar-refractivity contribution in [2.75, 3.05) is 4.90 Å². The number of hydrogen-bond donors (Lipinski definition) is 0. The Balaban J connectivity index is 1.74. The fourth-order valence-electron chi connectivity index (χ4n) is 4.86. The molecule has 0 fully saturated rings. The molecule has 0 spiro atoms. The van der Waals surface area contributed by atoms with Crippen LogP contribution in [0.1, 0.15) is 11.1 Å². The van der Waals surface area contributed by atoms with Gasteiger partial charge in [0.15, 0.2) is 0 Å². The number of hydrogen-bond acceptors (Lipinski definition) is 3. The molecule has 0 aliphatic carbocycles. The van der Waals surface area contributed by atoms with Gasteiger partial charge in [-0.25, -0.2) is 4.98 Å². The fraction of sp³-hybridized carbons (Fsp3) is 0.0800. The summed E-state index contributed by atoms with van der Waals surface area (Å²) < 4.78 is 6.31. The van der Waals surface area contributed by atoms with E-state index in [1.807, 2.05) is 6.20 Å². The minimum Gasteiger partial charge on any atom is -0.440 e. The van der Waals surface area contributed by atoms with Gasteiger partial charge in [0.1, 0.15) is 5.75 Å². The fourth-order valence-corrected chi connectivity index (χ4v) is 4.86. The van der Waals surface area contributed by atoms with Gasteiger partial charge in [0, 0.05) is 28.7 Å². The number of aryl methyl sites for hydroxylation is 2. The lowest BCUT2D eigenvalue weighted by atomic mass is 9.33. The van der Waals surface area contributed by atoms with Crippen LogP contribution in [0.15, 0.2) is 79.0 Å². The minimum absolute atomic E-state index is 0.120. The summed E-state index contributed by atoms with van der Waals surface area (Å²) in [4.78, 5) is 6.96. The summed E-state index contributed by atoms with van der Waals surface area (Å²) in [5.41, 5.74) is 9.76. The van der Waals surface area contributed by atoms with Crippen molar-refractivity contribution in [3.63, 3.8) is 0 Å². The zero-order valence-corrected chi connectivity index (χ0v) is 16.4. The second kappa shape index (κ2) is 5.98. The van der Waals surface area contributed by atoms with Crippen molar-refractivity contribution in [2.24, 2.45) is 0 Å². The summed E-state index contributed by atoms with van der Waals surface area (Å²) in [7, 11) is 0. The van der Waals surface area contributed by atoms with Crippen LogP contribution in [0.3, 0.4) is 0 Å². The van der Waals surface area contributed by atoms with E-state index in [2.05, 4.69) is 96.5 Å². The van der Waals surface area contributed by atoms with Gasteiger partial charge in [-0.1, -0.05) is 53.6 Å². The lowest BCUT2D eigenvalue weighted by Gasteiger charge is -2.40. The van der Waals surface area contributed by atoms with E-state index in [0.717, 1.165) is 22.6 Å². The van der Waals surface area contributed by atoms with E-state index >= 15 is 0 Å². The molecular weight excluding hydrogens is 355 g/mol. The largest absolute Gasteiger partial charge is 0.440 e. The van der Waals surface area contributed by atoms with Crippen LogP contribution < -0.4 is 26.0 Å². The first-order valence-corrected chi connectivity index (χ1v) is 9.95. The quantitative estimate of drug-likeness (QED) is 0.405. The van der Waals surface area contributed by atoms with Crippen molar-refractivity contribution in [3.05, 3.63) is 90.1 Å². The SMILES string of the molecule is Cc1cccc2c1B1c3c(C)cccc3N(c3ccccc3)c3ccnc(c31)O2.